The second-order valence-corrected chi connectivity index (χ2v) is 5.39. The molecule has 1 aromatic rings. The molecule has 1 aliphatic rings. The summed E-state index contributed by atoms with van der Waals surface area (Å²) in [6.45, 7) is 4.42. The molecular weight excluding hydrogens is 242 g/mol. The van der Waals surface area contributed by atoms with Crippen LogP contribution in [0.5, 0.6) is 0 Å². The number of aliphatic carboxylic acids is 1. The minimum absolute atomic E-state index is 0.0388. The molecule has 0 saturated carbocycles. The first-order chi connectivity index (χ1) is 9.02. The van der Waals surface area contributed by atoms with Crippen LogP contribution < -0.4 is 5.32 Å². The summed E-state index contributed by atoms with van der Waals surface area (Å²) >= 11 is 0. The molecule has 1 fully saturated rings. The highest BCUT2D eigenvalue weighted by atomic mass is 16.5. The van der Waals surface area contributed by atoms with Crippen molar-refractivity contribution in [3.05, 3.63) is 35.9 Å². The molecule has 2 unspecified atom stereocenters. The zero-order valence-corrected chi connectivity index (χ0v) is 11.4. The highest BCUT2D eigenvalue weighted by molar-refractivity contribution is 5.79. The topological polar surface area (TPSA) is 58.6 Å². The van der Waals surface area contributed by atoms with E-state index in [2.05, 4.69) is 5.32 Å². The van der Waals surface area contributed by atoms with Crippen molar-refractivity contribution in [2.75, 3.05) is 0 Å². The van der Waals surface area contributed by atoms with Crippen molar-refractivity contribution in [3.8, 4) is 0 Å². The van der Waals surface area contributed by atoms with Crippen molar-refractivity contribution >= 4 is 5.97 Å². The Hall–Kier alpha value is -1.39. The molecule has 4 nitrogen and oxygen atoms in total. The molecule has 4 heteroatoms. The molecule has 1 aliphatic heterocycles. The zero-order valence-electron chi connectivity index (χ0n) is 11.4. The van der Waals surface area contributed by atoms with E-state index in [1.165, 1.54) is 0 Å². The molecular formula is C15H21NO3. The van der Waals surface area contributed by atoms with E-state index in [9.17, 15) is 9.90 Å². The molecule has 2 rings (SSSR count). The maximum atomic E-state index is 11.7. The predicted molar refractivity (Wildman–Crippen MR) is 72.9 cm³/mol. The Morgan fingerprint density at radius 1 is 1.32 bits per heavy atom. The lowest BCUT2D eigenvalue weighted by atomic mass is 9.84. The molecule has 2 atom stereocenters. The monoisotopic (exact) mass is 263 g/mol. The highest BCUT2D eigenvalue weighted by Crippen LogP contribution is 2.29. The van der Waals surface area contributed by atoms with Gasteiger partial charge in [-0.3, -0.25) is 10.1 Å². The van der Waals surface area contributed by atoms with Crippen molar-refractivity contribution < 1.29 is 14.6 Å². The lowest BCUT2D eigenvalue weighted by Crippen LogP contribution is -2.58. The molecule has 0 spiro atoms. The number of carboxylic acids is 1. The predicted octanol–water partition coefficient (Wildman–Crippen LogP) is 2.19. The van der Waals surface area contributed by atoms with Crippen LogP contribution in [0.25, 0.3) is 0 Å². The maximum absolute atomic E-state index is 11.7. The summed E-state index contributed by atoms with van der Waals surface area (Å²) in [6.07, 6.45) is 0.921. The summed E-state index contributed by atoms with van der Waals surface area (Å²) in [5.74, 6) is -0.787. The Morgan fingerprint density at radius 2 is 1.89 bits per heavy atom. The van der Waals surface area contributed by atoms with E-state index in [4.69, 9.17) is 4.74 Å². The van der Waals surface area contributed by atoms with Gasteiger partial charge in [0.05, 0.1) is 12.2 Å². The van der Waals surface area contributed by atoms with Crippen LogP contribution in [0.15, 0.2) is 30.3 Å². The zero-order chi connectivity index (χ0) is 13.9. The van der Waals surface area contributed by atoms with Gasteiger partial charge in [-0.25, -0.2) is 0 Å². The molecule has 1 saturated heterocycles. The summed E-state index contributed by atoms with van der Waals surface area (Å²) in [7, 11) is 0. The maximum Gasteiger partial charge on any atom is 0.324 e. The lowest BCUT2D eigenvalue weighted by Gasteiger charge is -2.40. The molecule has 0 bridgehead atoms. The van der Waals surface area contributed by atoms with Crippen LogP contribution in [0.2, 0.25) is 0 Å². The smallest absolute Gasteiger partial charge is 0.324 e. The van der Waals surface area contributed by atoms with Gasteiger partial charge in [-0.05, 0) is 19.4 Å². The van der Waals surface area contributed by atoms with Crippen LogP contribution >= 0.6 is 0 Å². The van der Waals surface area contributed by atoms with E-state index in [1.807, 2.05) is 44.2 Å². The number of ether oxygens (including phenoxy) is 1. The van der Waals surface area contributed by atoms with Gasteiger partial charge in [-0.1, -0.05) is 30.3 Å². The minimum atomic E-state index is -0.882. The van der Waals surface area contributed by atoms with E-state index in [1.54, 1.807) is 0 Å². The molecule has 0 aromatic heterocycles. The van der Waals surface area contributed by atoms with Gasteiger partial charge in [0.1, 0.15) is 5.54 Å². The molecule has 1 aromatic carbocycles. The van der Waals surface area contributed by atoms with Crippen LogP contribution in [0, 0.1) is 0 Å². The fourth-order valence-electron chi connectivity index (χ4n) is 2.82. The summed E-state index contributed by atoms with van der Waals surface area (Å²) in [5.41, 5.74) is 0.211. The summed E-state index contributed by atoms with van der Waals surface area (Å²) < 4.78 is 5.64. The Morgan fingerprint density at radius 3 is 2.42 bits per heavy atom. The van der Waals surface area contributed by atoms with Crippen molar-refractivity contribution in [1.82, 2.24) is 5.32 Å². The van der Waals surface area contributed by atoms with E-state index >= 15 is 0 Å². The third-order valence-corrected chi connectivity index (χ3v) is 3.62. The van der Waals surface area contributed by atoms with Gasteiger partial charge in [0, 0.05) is 19.4 Å². The molecule has 0 amide bonds. The Balaban J connectivity index is 2.09. The molecule has 0 aliphatic carbocycles. The second-order valence-electron chi connectivity index (χ2n) is 5.39. The lowest BCUT2D eigenvalue weighted by molar-refractivity contribution is -0.156. The largest absolute Gasteiger partial charge is 0.480 e. The number of hydrogen-bond donors (Lipinski definition) is 2. The van der Waals surface area contributed by atoms with Crippen molar-refractivity contribution in [2.24, 2.45) is 0 Å². The number of carbonyl (C=O) groups is 1. The van der Waals surface area contributed by atoms with Gasteiger partial charge >= 0.3 is 5.97 Å². The van der Waals surface area contributed by atoms with Crippen LogP contribution in [0.4, 0.5) is 0 Å². The molecule has 1 heterocycles. The number of carboxylic acid groups (broad SMARTS) is 1. The van der Waals surface area contributed by atoms with Crippen LogP contribution in [0.3, 0.4) is 0 Å². The first-order valence-electron chi connectivity index (χ1n) is 6.70. The van der Waals surface area contributed by atoms with E-state index in [0.717, 1.165) is 5.56 Å². The minimum Gasteiger partial charge on any atom is -0.480 e. The SMILES string of the molecule is CC1CC(NCc2ccccc2)(C(=O)O)CC(C)O1. The quantitative estimate of drug-likeness (QED) is 0.874. The van der Waals surface area contributed by atoms with E-state index in [0.29, 0.717) is 19.4 Å². The third kappa shape index (κ3) is 3.33. The average Bonchev–Trinajstić information content (AvgIpc) is 2.36. The number of hydrogen-bond acceptors (Lipinski definition) is 3. The number of benzene rings is 1. The van der Waals surface area contributed by atoms with Gasteiger partial charge < -0.3 is 9.84 Å². The van der Waals surface area contributed by atoms with Gasteiger partial charge in [-0.15, -0.1) is 0 Å². The van der Waals surface area contributed by atoms with Crippen molar-refractivity contribution in [1.29, 1.82) is 0 Å². The van der Waals surface area contributed by atoms with Crippen LogP contribution in [-0.4, -0.2) is 28.8 Å². The second kappa shape index (κ2) is 5.72. The highest BCUT2D eigenvalue weighted by Gasteiger charge is 2.44. The Bertz CT molecular complexity index is 422. The first-order valence-corrected chi connectivity index (χ1v) is 6.70. The van der Waals surface area contributed by atoms with E-state index in [-0.39, 0.29) is 12.2 Å². The van der Waals surface area contributed by atoms with Crippen molar-refractivity contribution in [2.45, 2.75) is 51.0 Å². The van der Waals surface area contributed by atoms with Gasteiger partial charge in [0.2, 0.25) is 0 Å². The van der Waals surface area contributed by atoms with Gasteiger partial charge in [-0.2, -0.15) is 0 Å². The number of nitrogens with one attached hydrogen (secondary N) is 1. The fraction of sp³-hybridized carbons (Fsp3) is 0.533. The molecule has 19 heavy (non-hydrogen) atoms. The Labute approximate surface area is 113 Å². The van der Waals surface area contributed by atoms with Crippen molar-refractivity contribution in [3.63, 3.8) is 0 Å². The first kappa shape index (κ1) is 14.0. The number of rotatable bonds is 4. The standard InChI is InChI=1S/C15H21NO3/c1-11-8-15(14(17)18,9-12(2)19-11)16-10-13-6-4-3-5-7-13/h3-7,11-12,16H,8-10H2,1-2H3,(H,17,18). The third-order valence-electron chi connectivity index (χ3n) is 3.62. The van der Waals surface area contributed by atoms with Crippen LogP contribution in [-0.2, 0) is 16.1 Å². The van der Waals surface area contributed by atoms with Gasteiger partial charge in [0.15, 0.2) is 0 Å². The normalized spacial score (nSPS) is 31.1. The van der Waals surface area contributed by atoms with Gasteiger partial charge in [0.25, 0.3) is 0 Å². The molecule has 0 radical (unpaired) electrons. The fourth-order valence-corrected chi connectivity index (χ4v) is 2.82. The molecule has 104 valence electrons. The van der Waals surface area contributed by atoms with Crippen LogP contribution in [0.1, 0.15) is 32.3 Å². The summed E-state index contributed by atoms with van der Waals surface area (Å²) in [4.78, 5) is 11.7. The summed E-state index contributed by atoms with van der Waals surface area (Å²) in [5, 5.41) is 12.8. The summed E-state index contributed by atoms with van der Waals surface area (Å²) in [6, 6.07) is 9.86. The average molecular weight is 263 g/mol. The molecule has 2 N–H and O–H groups in total. The van der Waals surface area contributed by atoms with E-state index < -0.39 is 11.5 Å². The Kier molecular flexibility index (Phi) is 4.22.